The van der Waals surface area contributed by atoms with Crippen molar-refractivity contribution in [2.24, 2.45) is 5.73 Å². The normalized spacial score (nSPS) is 18.8. The van der Waals surface area contributed by atoms with E-state index in [4.69, 9.17) is 5.73 Å². The molecule has 0 amide bonds. The Morgan fingerprint density at radius 3 is 3.00 bits per heavy atom. The van der Waals surface area contributed by atoms with Crippen LogP contribution < -0.4 is 11.1 Å². The predicted molar refractivity (Wildman–Crippen MR) is 48.9 cm³/mol. The van der Waals surface area contributed by atoms with Gasteiger partial charge in [-0.05, 0) is 25.0 Å². The summed E-state index contributed by atoms with van der Waals surface area (Å²) < 4.78 is 0. The lowest BCUT2D eigenvalue weighted by atomic mass is 10.3. The molecule has 1 fully saturated rings. The fourth-order valence-corrected chi connectivity index (χ4v) is 1.08. The SMILES string of the molecule is NC1(CNc2cccnc2)CC1. The van der Waals surface area contributed by atoms with E-state index in [2.05, 4.69) is 10.3 Å². The number of aromatic nitrogens is 1. The van der Waals surface area contributed by atoms with E-state index in [1.807, 2.05) is 18.3 Å². The van der Waals surface area contributed by atoms with Crippen LogP contribution in [0.5, 0.6) is 0 Å². The first-order chi connectivity index (χ1) is 5.79. The van der Waals surface area contributed by atoms with Gasteiger partial charge in [-0.1, -0.05) is 0 Å². The van der Waals surface area contributed by atoms with Crippen LogP contribution in [0.1, 0.15) is 12.8 Å². The van der Waals surface area contributed by atoms with Crippen LogP contribution in [0.4, 0.5) is 5.69 Å². The van der Waals surface area contributed by atoms with Crippen molar-refractivity contribution in [1.82, 2.24) is 4.98 Å². The highest BCUT2D eigenvalue weighted by Gasteiger charge is 2.37. The quantitative estimate of drug-likeness (QED) is 0.698. The maximum absolute atomic E-state index is 5.91. The van der Waals surface area contributed by atoms with Crippen LogP contribution in [0.25, 0.3) is 0 Å². The summed E-state index contributed by atoms with van der Waals surface area (Å²) >= 11 is 0. The van der Waals surface area contributed by atoms with Gasteiger partial charge in [-0.25, -0.2) is 0 Å². The van der Waals surface area contributed by atoms with Gasteiger partial charge in [0.25, 0.3) is 0 Å². The Labute approximate surface area is 72.0 Å². The lowest BCUT2D eigenvalue weighted by Crippen LogP contribution is -2.31. The molecule has 1 aliphatic rings. The molecule has 0 aromatic carbocycles. The number of nitrogens with two attached hydrogens (primary N) is 1. The fourth-order valence-electron chi connectivity index (χ4n) is 1.08. The summed E-state index contributed by atoms with van der Waals surface area (Å²) in [6.07, 6.45) is 5.85. The van der Waals surface area contributed by atoms with Gasteiger partial charge < -0.3 is 11.1 Å². The van der Waals surface area contributed by atoms with Crippen LogP contribution in [-0.2, 0) is 0 Å². The molecule has 1 saturated carbocycles. The Kier molecular flexibility index (Phi) is 1.73. The summed E-state index contributed by atoms with van der Waals surface area (Å²) in [5.41, 5.74) is 7.03. The third-order valence-corrected chi connectivity index (χ3v) is 2.20. The third kappa shape index (κ3) is 1.74. The number of nitrogens with zero attached hydrogens (tertiary/aromatic N) is 1. The molecule has 1 aliphatic carbocycles. The van der Waals surface area contributed by atoms with E-state index in [0.29, 0.717) is 0 Å². The molecule has 2 rings (SSSR count). The minimum absolute atomic E-state index is 0.0653. The van der Waals surface area contributed by atoms with Gasteiger partial charge in [0.05, 0.1) is 5.69 Å². The van der Waals surface area contributed by atoms with Crippen molar-refractivity contribution >= 4 is 5.69 Å². The molecular formula is C9H13N3. The van der Waals surface area contributed by atoms with Crippen molar-refractivity contribution in [1.29, 1.82) is 0 Å². The molecule has 3 heteroatoms. The Morgan fingerprint density at radius 1 is 1.58 bits per heavy atom. The Bertz CT molecular complexity index is 254. The zero-order valence-corrected chi connectivity index (χ0v) is 6.96. The standard InChI is InChI=1S/C9H13N3/c10-9(3-4-9)7-12-8-2-1-5-11-6-8/h1-2,5-6,12H,3-4,7,10H2. The number of pyridine rings is 1. The number of rotatable bonds is 3. The van der Waals surface area contributed by atoms with Gasteiger partial charge in [0.1, 0.15) is 0 Å². The molecule has 12 heavy (non-hydrogen) atoms. The van der Waals surface area contributed by atoms with E-state index in [0.717, 1.165) is 25.1 Å². The number of hydrogen-bond donors (Lipinski definition) is 2. The molecule has 0 bridgehead atoms. The Morgan fingerprint density at radius 2 is 2.42 bits per heavy atom. The van der Waals surface area contributed by atoms with Gasteiger partial charge in [-0.3, -0.25) is 4.98 Å². The summed E-state index contributed by atoms with van der Waals surface area (Å²) in [7, 11) is 0. The second-order valence-corrected chi connectivity index (χ2v) is 3.46. The van der Waals surface area contributed by atoms with Crippen LogP contribution in [0, 0.1) is 0 Å². The van der Waals surface area contributed by atoms with Crippen molar-refractivity contribution in [3.63, 3.8) is 0 Å². The van der Waals surface area contributed by atoms with Crippen LogP contribution in [-0.4, -0.2) is 17.1 Å². The molecule has 0 saturated heterocycles. The zero-order valence-electron chi connectivity index (χ0n) is 6.96. The zero-order chi connectivity index (χ0) is 8.44. The van der Waals surface area contributed by atoms with Gasteiger partial charge in [0, 0.05) is 24.5 Å². The van der Waals surface area contributed by atoms with Crippen molar-refractivity contribution in [2.45, 2.75) is 18.4 Å². The second-order valence-electron chi connectivity index (χ2n) is 3.46. The van der Waals surface area contributed by atoms with Gasteiger partial charge in [0.2, 0.25) is 0 Å². The Balaban J connectivity index is 1.88. The Hall–Kier alpha value is -1.09. The lowest BCUT2D eigenvalue weighted by molar-refractivity contribution is 0.713. The second kappa shape index (κ2) is 2.75. The van der Waals surface area contributed by atoms with E-state index in [1.165, 1.54) is 0 Å². The summed E-state index contributed by atoms with van der Waals surface area (Å²) in [6, 6.07) is 3.91. The van der Waals surface area contributed by atoms with E-state index < -0.39 is 0 Å². The molecule has 1 heterocycles. The minimum Gasteiger partial charge on any atom is -0.382 e. The molecule has 1 aromatic heterocycles. The molecular weight excluding hydrogens is 150 g/mol. The van der Waals surface area contributed by atoms with Crippen molar-refractivity contribution in [2.75, 3.05) is 11.9 Å². The molecule has 0 unspecified atom stereocenters. The highest BCUT2D eigenvalue weighted by Crippen LogP contribution is 2.31. The first-order valence-electron chi connectivity index (χ1n) is 4.21. The molecule has 3 nitrogen and oxygen atoms in total. The average molecular weight is 163 g/mol. The van der Waals surface area contributed by atoms with Gasteiger partial charge in [-0.15, -0.1) is 0 Å². The molecule has 0 aliphatic heterocycles. The number of hydrogen-bond acceptors (Lipinski definition) is 3. The summed E-state index contributed by atoms with van der Waals surface area (Å²) in [4.78, 5) is 4.00. The maximum Gasteiger partial charge on any atom is 0.0527 e. The molecule has 0 atom stereocenters. The smallest absolute Gasteiger partial charge is 0.0527 e. The van der Waals surface area contributed by atoms with Crippen LogP contribution >= 0.6 is 0 Å². The van der Waals surface area contributed by atoms with E-state index >= 15 is 0 Å². The van der Waals surface area contributed by atoms with Gasteiger partial charge in [0.15, 0.2) is 0 Å². The lowest BCUT2D eigenvalue weighted by Gasteiger charge is -2.10. The van der Waals surface area contributed by atoms with Crippen LogP contribution in [0.15, 0.2) is 24.5 Å². The largest absolute Gasteiger partial charge is 0.382 e. The molecule has 3 N–H and O–H groups in total. The predicted octanol–water partition coefficient (Wildman–Crippen LogP) is 0.985. The van der Waals surface area contributed by atoms with E-state index in [1.54, 1.807) is 6.20 Å². The molecule has 1 aromatic rings. The number of anilines is 1. The van der Waals surface area contributed by atoms with E-state index in [-0.39, 0.29) is 5.54 Å². The van der Waals surface area contributed by atoms with Crippen LogP contribution in [0.2, 0.25) is 0 Å². The van der Waals surface area contributed by atoms with Crippen molar-refractivity contribution in [3.05, 3.63) is 24.5 Å². The summed E-state index contributed by atoms with van der Waals surface area (Å²) in [5, 5.41) is 3.26. The molecule has 0 spiro atoms. The monoisotopic (exact) mass is 163 g/mol. The fraction of sp³-hybridized carbons (Fsp3) is 0.444. The van der Waals surface area contributed by atoms with Crippen molar-refractivity contribution in [3.8, 4) is 0 Å². The molecule has 0 radical (unpaired) electrons. The van der Waals surface area contributed by atoms with E-state index in [9.17, 15) is 0 Å². The third-order valence-electron chi connectivity index (χ3n) is 2.20. The van der Waals surface area contributed by atoms with Gasteiger partial charge in [-0.2, -0.15) is 0 Å². The maximum atomic E-state index is 5.91. The summed E-state index contributed by atoms with van der Waals surface area (Å²) in [5.74, 6) is 0. The van der Waals surface area contributed by atoms with Gasteiger partial charge >= 0.3 is 0 Å². The first-order valence-corrected chi connectivity index (χ1v) is 4.21. The van der Waals surface area contributed by atoms with Crippen molar-refractivity contribution < 1.29 is 0 Å². The summed E-state index contributed by atoms with van der Waals surface area (Å²) in [6.45, 7) is 0.860. The average Bonchev–Trinajstić information content (AvgIpc) is 2.84. The number of nitrogens with one attached hydrogen (secondary N) is 1. The highest BCUT2D eigenvalue weighted by molar-refractivity contribution is 5.40. The topological polar surface area (TPSA) is 50.9 Å². The van der Waals surface area contributed by atoms with Crippen LogP contribution in [0.3, 0.4) is 0 Å². The first kappa shape index (κ1) is 7.55. The molecule has 64 valence electrons. The minimum atomic E-state index is 0.0653. The highest BCUT2D eigenvalue weighted by atomic mass is 15.0.